The molecule has 0 N–H and O–H groups in total. The van der Waals surface area contributed by atoms with Crippen molar-refractivity contribution in [2.45, 2.75) is 25.8 Å². The Labute approximate surface area is 95.0 Å². The molecule has 1 aliphatic rings. The molecule has 1 atom stereocenters. The van der Waals surface area contributed by atoms with Crippen molar-refractivity contribution in [2.24, 2.45) is 0 Å². The molecule has 1 unspecified atom stereocenters. The molecule has 0 amide bonds. The molecule has 3 nitrogen and oxygen atoms in total. The summed E-state index contributed by atoms with van der Waals surface area (Å²) in [7, 11) is 0. The minimum absolute atomic E-state index is 0.418. The molecule has 0 aliphatic carbocycles. The number of benzene rings is 1. The van der Waals surface area contributed by atoms with E-state index in [2.05, 4.69) is 41.1 Å². The summed E-state index contributed by atoms with van der Waals surface area (Å²) in [4.78, 5) is 0. The molecule has 0 radical (unpaired) electrons. The van der Waals surface area contributed by atoms with Crippen LogP contribution in [0.3, 0.4) is 0 Å². The Morgan fingerprint density at radius 2 is 2.38 bits per heavy atom. The molecule has 84 valence electrons. The second kappa shape index (κ2) is 3.91. The first-order valence-electron chi connectivity index (χ1n) is 5.86. The number of hydrogen-bond donors (Lipinski definition) is 0. The zero-order chi connectivity index (χ0) is 11.0. The highest BCUT2D eigenvalue weighted by molar-refractivity contribution is 5.78. The lowest BCUT2D eigenvalue weighted by molar-refractivity contribution is 0.0552. The standard InChI is InChI=1S/C13H16N2O/c1-10-4-5-11-8-15(14-13(11)7-10)12-3-2-6-16-9-12/h4-5,7-8,12H,2-3,6,9H2,1H3. The van der Waals surface area contributed by atoms with Crippen LogP contribution >= 0.6 is 0 Å². The minimum atomic E-state index is 0.418. The van der Waals surface area contributed by atoms with Crippen molar-refractivity contribution in [1.82, 2.24) is 9.78 Å². The molecule has 1 aromatic carbocycles. The summed E-state index contributed by atoms with van der Waals surface area (Å²) in [6, 6.07) is 6.82. The summed E-state index contributed by atoms with van der Waals surface area (Å²) in [5.41, 5.74) is 2.35. The molecule has 2 aromatic rings. The van der Waals surface area contributed by atoms with Crippen LogP contribution in [0.2, 0.25) is 0 Å². The fourth-order valence-corrected chi connectivity index (χ4v) is 2.26. The summed E-state index contributed by atoms with van der Waals surface area (Å²) in [5.74, 6) is 0. The van der Waals surface area contributed by atoms with Gasteiger partial charge in [-0.05, 0) is 31.4 Å². The fourth-order valence-electron chi connectivity index (χ4n) is 2.26. The molecule has 1 fully saturated rings. The van der Waals surface area contributed by atoms with E-state index in [4.69, 9.17) is 4.74 Å². The van der Waals surface area contributed by atoms with Gasteiger partial charge in [-0.25, -0.2) is 0 Å². The second-order valence-electron chi connectivity index (χ2n) is 4.54. The number of hydrogen-bond acceptors (Lipinski definition) is 2. The van der Waals surface area contributed by atoms with Crippen LogP contribution in [-0.4, -0.2) is 23.0 Å². The SMILES string of the molecule is Cc1ccc2cn(C3CCCOC3)nc2c1. The van der Waals surface area contributed by atoms with Crippen LogP contribution in [0, 0.1) is 6.92 Å². The van der Waals surface area contributed by atoms with Gasteiger partial charge in [0.1, 0.15) is 0 Å². The summed E-state index contributed by atoms with van der Waals surface area (Å²) < 4.78 is 7.57. The lowest BCUT2D eigenvalue weighted by Gasteiger charge is -2.22. The molecular weight excluding hydrogens is 200 g/mol. The van der Waals surface area contributed by atoms with Gasteiger partial charge in [-0.1, -0.05) is 12.1 Å². The highest BCUT2D eigenvalue weighted by Crippen LogP contribution is 2.22. The highest BCUT2D eigenvalue weighted by Gasteiger charge is 2.16. The van der Waals surface area contributed by atoms with Gasteiger partial charge in [0.05, 0.1) is 18.2 Å². The van der Waals surface area contributed by atoms with Crippen molar-refractivity contribution >= 4 is 10.9 Å². The van der Waals surface area contributed by atoms with Crippen LogP contribution in [0.4, 0.5) is 0 Å². The van der Waals surface area contributed by atoms with Crippen LogP contribution in [-0.2, 0) is 4.74 Å². The summed E-state index contributed by atoms with van der Waals surface area (Å²) in [6.45, 7) is 3.80. The van der Waals surface area contributed by atoms with Crippen LogP contribution in [0.25, 0.3) is 10.9 Å². The maximum Gasteiger partial charge on any atom is 0.0926 e. The van der Waals surface area contributed by atoms with E-state index in [1.807, 2.05) is 0 Å². The Balaban J connectivity index is 1.97. The van der Waals surface area contributed by atoms with E-state index in [1.54, 1.807) is 0 Å². The largest absolute Gasteiger partial charge is 0.379 e. The first kappa shape index (κ1) is 9.85. The molecule has 1 saturated heterocycles. The van der Waals surface area contributed by atoms with Gasteiger partial charge in [0.2, 0.25) is 0 Å². The predicted octanol–water partition coefficient (Wildman–Crippen LogP) is 2.70. The van der Waals surface area contributed by atoms with Crippen LogP contribution in [0.15, 0.2) is 24.4 Å². The molecule has 16 heavy (non-hydrogen) atoms. The minimum Gasteiger partial charge on any atom is -0.379 e. The van der Waals surface area contributed by atoms with Gasteiger partial charge in [0.25, 0.3) is 0 Å². The van der Waals surface area contributed by atoms with Crippen molar-refractivity contribution in [3.8, 4) is 0 Å². The van der Waals surface area contributed by atoms with Gasteiger partial charge in [0.15, 0.2) is 0 Å². The number of nitrogens with zero attached hydrogens (tertiary/aromatic N) is 2. The Hall–Kier alpha value is -1.35. The van der Waals surface area contributed by atoms with E-state index in [-0.39, 0.29) is 0 Å². The van der Waals surface area contributed by atoms with E-state index >= 15 is 0 Å². The van der Waals surface area contributed by atoms with E-state index in [0.29, 0.717) is 6.04 Å². The molecule has 0 bridgehead atoms. The van der Waals surface area contributed by atoms with Crippen LogP contribution in [0.5, 0.6) is 0 Å². The Morgan fingerprint density at radius 1 is 1.44 bits per heavy atom. The molecule has 1 aliphatic heterocycles. The average Bonchev–Trinajstić information content (AvgIpc) is 2.73. The maximum absolute atomic E-state index is 5.50. The number of ether oxygens (including phenoxy) is 1. The van der Waals surface area contributed by atoms with Crippen molar-refractivity contribution < 1.29 is 4.74 Å². The third-order valence-corrected chi connectivity index (χ3v) is 3.19. The average molecular weight is 216 g/mol. The number of aromatic nitrogens is 2. The number of aryl methyl sites for hydroxylation is 1. The molecule has 0 saturated carbocycles. The lowest BCUT2D eigenvalue weighted by Crippen LogP contribution is -2.21. The van der Waals surface area contributed by atoms with Gasteiger partial charge in [0, 0.05) is 18.2 Å². The van der Waals surface area contributed by atoms with Gasteiger partial charge in [-0.3, -0.25) is 4.68 Å². The first-order valence-corrected chi connectivity index (χ1v) is 5.86. The Bertz CT molecular complexity index is 498. The van der Waals surface area contributed by atoms with Gasteiger partial charge < -0.3 is 4.74 Å². The quantitative estimate of drug-likeness (QED) is 0.732. The second-order valence-corrected chi connectivity index (χ2v) is 4.54. The van der Waals surface area contributed by atoms with Gasteiger partial charge in [-0.15, -0.1) is 0 Å². The third-order valence-electron chi connectivity index (χ3n) is 3.19. The molecule has 1 aromatic heterocycles. The Kier molecular flexibility index (Phi) is 2.40. The monoisotopic (exact) mass is 216 g/mol. The van der Waals surface area contributed by atoms with E-state index in [1.165, 1.54) is 17.4 Å². The van der Waals surface area contributed by atoms with E-state index < -0.39 is 0 Å². The molecule has 2 heterocycles. The molecule has 3 heteroatoms. The third kappa shape index (κ3) is 1.71. The first-order chi connectivity index (χ1) is 7.83. The number of fused-ring (bicyclic) bond motifs is 1. The lowest BCUT2D eigenvalue weighted by atomic mass is 10.1. The smallest absolute Gasteiger partial charge is 0.0926 e. The van der Waals surface area contributed by atoms with Gasteiger partial charge in [-0.2, -0.15) is 5.10 Å². The normalized spacial score (nSPS) is 21.4. The van der Waals surface area contributed by atoms with Crippen LogP contribution < -0.4 is 0 Å². The van der Waals surface area contributed by atoms with E-state index in [0.717, 1.165) is 25.2 Å². The van der Waals surface area contributed by atoms with Crippen molar-refractivity contribution in [1.29, 1.82) is 0 Å². The van der Waals surface area contributed by atoms with Crippen LogP contribution in [0.1, 0.15) is 24.4 Å². The molecule has 0 spiro atoms. The van der Waals surface area contributed by atoms with Crippen molar-refractivity contribution in [2.75, 3.05) is 13.2 Å². The molecular formula is C13H16N2O. The Morgan fingerprint density at radius 3 is 3.19 bits per heavy atom. The maximum atomic E-state index is 5.50. The van der Waals surface area contributed by atoms with Crippen molar-refractivity contribution in [3.63, 3.8) is 0 Å². The topological polar surface area (TPSA) is 27.1 Å². The number of rotatable bonds is 1. The van der Waals surface area contributed by atoms with E-state index in [9.17, 15) is 0 Å². The summed E-state index contributed by atoms with van der Waals surface area (Å²) >= 11 is 0. The van der Waals surface area contributed by atoms with Crippen molar-refractivity contribution in [3.05, 3.63) is 30.0 Å². The zero-order valence-corrected chi connectivity index (χ0v) is 9.52. The van der Waals surface area contributed by atoms with Gasteiger partial charge >= 0.3 is 0 Å². The highest BCUT2D eigenvalue weighted by atomic mass is 16.5. The summed E-state index contributed by atoms with van der Waals surface area (Å²) in [5, 5.41) is 5.85. The fraction of sp³-hybridized carbons (Fsp3) is 0.462. The predicted molar refractivity (Wildman–Crippen MR) is 63.6 cm³/mol. The zero-order valence-electron chi connectivity index (χ0n) is 9.52. The molecule has 3 rings (SSSR count). The summed E-state index contributed by atoms with van der Waals surface area (Å²) in [6.07, 6.45) is 4.45.